The predicted molar refractivity (Wildman–Crippen MR) is 66.2 cm³/mol. The van der Waals surface area contributed by atoms with Gasteiger partial charge in [0.05, 0.1) is 0 Å². The van der Waals surface area contributed by atoms with Crippen LogP contribution in [-0.4, -0.2) is 10.5 Å². The molecule has 3 N–H and O–H groups in total. The molecule has 1 aromatic rings. The molecule has 0 atom stereocenters. The maximum absolute atomic E-state index is 11.7. The number of hydrogen-bond donors (Lipinski definition) is 2. The zero-order valence-electron chi connectivity index (χ0n) is 10.1. The van der Waals surface area contributed by atoms with Gasteiger partial charge in [0.25, 0.3) is 5.56 Å². The van der Waals surface area contributed by atoms with Crippen LogP contribution in [0.1, 0.15) is 31.2 Å². The number of hydrazine groups is 1. The number of aryl methyl sites for hydroxylation is 2. The molecule has 0 spiro atoms. The van der Waals surface area contributed by atoms with Gasteiger partial charge in [0, 0.05) is 24.7 Å². The van der Waals surface area contributed by atoms with Crippen LogP contribution >= 0.6 is 0 Å². The molecular formula is C12H19N3O2. The molecule has 1 amide bonds. The highest BCUT2D eigenvalue weighted by Gasteiger charge is 2.00. The summed E-state index contributed by atoms with van der Waals surface area (Å²) in [4.78, 5) is 22.5. The summed E-state index contributed by atoms with van der Waals surface area (Å²) in [7, 11) is 0. The van der Waals surface area contributed by atoms with Crippen LogP contribution in [0.15, 0.2) is 23.1 Å². The van der Waals surface area contributed by atoms with Crippen molar-refractivity contribution in [2.75, 3.05) is 0 Å². The van der Waals surface area contributed by atoms with Crippen LogP contribution in [0.4, 0.5) is 0 Å². The molecule has 0 aromatic carbocycles. The van der Waals surface area contributed by atoms with Crippen molar-refractivity contribution in [3.8, 4) is 0 Å². The van der Waals surface area contributed by atoms with Gasteiger partial charge >= 0.3 is 0 Å². The van der Waals surface area contributed by atoms with Crippen molar-refractivity contribution in [2.24, 2.45) is 5.84 Å². The second-order valence-electron chi connectivity index (χ2n) is 4.07. The van der Waals surface area contributed by atoms with Gasteiger partial charge in [-0.3, -0.25) is 15.0 Å². The normalized spacial score (nSPS) is 10.2. The molecule has 0 aliphatic heterocycles. The number of amides is 1. The molecule has 1 aromatic heterocycles. The van der Waals surface area contributed by atoms with Crippen LogP contribution in [0.3, 0.4) is 0 Å². The first-order valence-electron chi connectivity index (χ1n) is 5.80. The van der Waals surface area contributed by atoms with Crippen LogP contribution in [0, 0.1) is 6.92 Å². The van der Waals surface area contributed by atoms with Gasteiger partial charge in [-0.2, -0.15) is 0 Å². The Labute approximate surface area is 101 Å². The Bertz CT molecular complexity index is 426. The average Bonchev–Trinajstić information content (AvgIpc) is 2.33. The highest BCUT2D eigenvalue weighted by Crippen LogP contribution is 2.01. The molecule has 0 unspecified atom stereocenters. The quantitative estimate of drug-likeness (QED) is 0.331. The minimum absolute atomic E-state index is 0.0622. The Morgan fingerprint density at radius 3 is 2.88 bits per heavy atom. The van der Waals surface area contributed by atoms with Crippen molar-refractivity contribution in [1.82, 2.24) is 9.99 Å². The molecular weight excluding hydrogens is 218 g/mol. The summed E-state index contributed by atoms with van der Waals surface area (Å²) in [6.07, 6.45) is 4.83. The van der Waals surface area contributed by atoms with E-state index < -0.39 is 0 Å². The highest BCUT2D eigenvalue weighted by atomic mass is 16.2. The number of carbonyl (C=O) groups excluding carboxylic acids is 1. The molecule has 0 radical (unpaired) electrons. The van der Waals surface area contributed by atoms with Crippen molar-refractivity contribution >= 4 is 5.91 Å². The van der Waals surface area contributed by atoms with E-state index in [0.29, 0.717) is 13.0 Å². The minimum Gasteiger partial charge on any atom is -0.315 e. The monoisotopic (exact) mass is 237 g/mol. The van der Waals surface area contributed by atoms with E-state index in [1.165, 1.54) is 0 Å². The number of aromatic nitrogens is 1. The van der Waals surface area contributed by atoms with Gasteiger partial charge in [0.2, 0.25) is 5.91 Å². The maximum atomic E-state index is 11.7. The smallest absolute Gasteiger partial charge is 0.253 e. The molecule has 5 nitrogen and oxygen atoms in total. The van der Waals surface area contributed by atoms with Crippen molar-refractivity contribution in [3.05, 3.63) is 34.2 Å². The number of unbranched alkanes of at least 4 members (excludes halogenated alkanes) is 2. The highest BCUT2D eigenvalue weighted by molar-refractivity contribution is 5.74. The first-order valence-corrected chi connectivity index (χ1v) is 5.80. The second kappa shape index (κ2) is 6.85. The van der Waals surface area contributed by atoms with Gasteiger partial charge in [0.1, 0.15) is 0 Å². The third-order valence-electron chi connectivity index (χ3n) is 2.67. The molecule has 1 rings (SSSR count). The van der Waals surface area contributed by atoms with Gasteiger partial charge in [-0.25, -0.2) is 5.84 Å². The largest absolute Gasteiger partial charge is 0.315 e. The lowest BCUT2D eigenvalue weighted by molar-refractivity contribution is -0.121. The fraction of sp³-hybridized carbons (Fsp3) is 0.500. The Balaban J connectivity index is 2.29. The second-order valence-corrected chi connectivity index (χ2v) is 4.07. The van der Waals surface area contributed by atoms with Crippen LogP contribution in [0.2, 0.25) is 0 Å². The van der Waals surface area contributed by atoms with Gasteiger partial charge in [0.15, 0.2) is 0 Å². The number of nitrogens with two attached hydrogens (primary N) is 1. The van der Waals surface area contributed by atoms with Crippen LogP contribution in [0.25, 0.3) is 0 Å². The summed E-state index contributed by atoms with van der Waals surface area (Å²) in [6.45, 7) is 2.51. The summed E-state index contributed by atoms with van der Waals surface area (Å²) in [5, 5.41) is 0. The van der Waals surface area contributed by atoms with E-state index >= 15 is 0 Å². The van der Waals surface area contributed by atoms with Crippen molar-refractivity contribution in [3.63, 3.8) is 0 Å². The number of nitrogens with one attached hydrogen (secondary N) is 1. The predicted octanol–water partition coefficient (Wildman–Crippen LogP) is 0.707. The van der Waals surface area contributed by atoms with Crippen LogP contribution in [-0.2, 0) is 11.3 Å². The molecule has 0 bridgehead atoms. The molecule has 0 saturated carbocycles. The number of nitrogens with zero attached hydrogens (tertiary/aromatic N) is 1. The molecule has 1 heterocycles. The van der Waals surface area contributed by atoms with Gasteiger partial charge in [-0.15, -0.1) is 0 Å². The van der Waals surface area contributed by atoms with Crippen molar-refractivity contribution < 1.29 is 4.79 Å². The molecule has 5 heteroatoms. The molecule has 0 saturated heterocycles. The summed E-state index contributed by atoms with van der Waals surface area (Å²) >= 11 is 0. The van der Waals surface area contributed by atoms with Gasteiger partial charge in [-0.1, -0.05) is 12.5 Å². The Kier molecular flexibility index (Phi) is 5.42. The Morgan fingerprint density at radius 2 is 2.18 bits per heavy atom. The van der Waals surface area contributed by atoms with E-state index in [-0.39, 0.29) is 11.5 Å². The van der Waals surface area contributed by atoms with Crippen LogP contribution in [0.5, 0.6) is 0 Å². The van der Waals surface area contributed by atoms with E-state index in [1.807, 2.05) is 19.1 Å². The summed E-state index contributed by atoms with van der Waals surface area (Å²) in [6, 6.07) is 3.68. The van der Waals surface area contributed by atoms with Gasteiger partial charge < -0.3 is 4.57 Å². The maximum Gasteiger partial charge on any atom is 0.253 e. The third kappa shape index (κ3) is 4.40. The zero-order valence-corrected chi connectivity index (χ0v) is 10.1. The van der Waals surface area contributed by atoms with E-state index in [1.54, 1.807) is 10.8 Å². The minimum atomic E-state index is -0.141. The summed E-state index contributed by atoms with van der Waals surface area (Å²) in [5.41, 5.74) is 2.92. The molecule has 0 aliphatic carbocycles. The Hall–Kier alpha value is -1.62. The lowest BCUT2D eigenvalue weighted by Gasteiger charge is -2.06. The number of pyridine rings is 1. The van der Waals surface area contributed by atoms with E-state index in [0.717, 1.165) is 24.8 Å². The lowest BCUT2D eigenvalue weighted by Crippen LogP contribution is -2.29. The fourth-order valence-corrected chi connectivity index (χ4v) is 1.65. The number of rotatable bonds is 6. The van der Waals surface area contributed by atoms with Gasteiger partial charge in [-0.05, 0) is 25.8 Å². The van der Waals surface area contributed by atoms with Crippen molar-refractivity contribution in [2.45, 2.75) is 39.2 Å². The van der Waals surface area contributed by atoms with E-state index in [2.05, 4.69) is 5.43 Å². The summed E-state index contributed by atoms with van der Waals surface area (Å²) < 4.78 is 1.71. The molecule has 0 aliphatic rings. The van der Waals surface area contributed by atoms with E-state index in [9.17, 15) is 9.59 Å². The molecule has 94 valence electrons. The summed E-state index contributed by atoms with van der Waals surface area (Å²) in [5.74, 6) is 4.83. The number of hydrogen-bond acceptors (Lipinski definition) is 3. The molecule has 0 fully saturated rings. The van der Waals surface area contributed by atoms with Crippen LogP contribution < -0.4 is 16.8 Å². The third-order valence-corrected chi connectivity index (χ3v) is 2.67. The average molecular weight is 237 g/mol. The number of carbonyl (C=O) groups is 1. The lowest BCUT2D eigenvalue weighted by atomic mass is 10.2. The Morgan fingerprint density at radius 1 is 1.41 bits per heavy atom. The first-order chi connectivity index (χ1) is 8.15. The molecule has 17 heavy (non-hydrogen) atoms. The first kappa shape index (κ1) is 13.4. The standard InChI is InChI=1S/C12H19N3O2/c1-10-6-5-9-15(12(10)17)8-4-2-3-7-11(16)14-13/h5-6,9H,2-4,7-8,13H2,1H3,(H,14,16). The van der Waals surface area contributed by atoms with E-state index in [4.69, 9.17) is 5.84 Å². The van der Waals surface area contributed by atoms with Crippen molar-refractivity contribution in [1.29, 1.82) is 0 Å². The zero-order chi connectivity index (χ0) is 12.7. The fourth-order valence-electron chi connectivity index (χ4n) is 1.65. The SMILES string of the molecule is Cc1cccn(CCCCCC(=O)NN)c1=O. The topological polar surface area (TPSA) is 77.1 Å².